The summed E-state index contributed by atoms with van der Waals surface area (Å²) in [6.07, 6.45) is -0.0992. The SMILES string of the molecule is COC(C)CNS(=O)(=O)CCNC(C)C. The minimum absolute atomic E-state index is 0.0988. The van der Waals surface area contributed by atoms with Crippen molar-refractivity contribution in [2.24, 2.45) is 0 Å². The number of hydrogen-bond acceptors (Lipinski definition) is 4. The molecule has 0 aromatic rings. The molecule has 0 rings (SSSR count). The maximum atomic E-state index is 11.4. The van der Waals surface area contributed by atoms with Gasteiger partial charge in [0, 0.05) is 26.2 Å². The average Bonchev–Trinajstić information content (AvgIpc) is 2.13. The zero-order valence-electron chi connectivity index (χ0n) is 9.91. The molecular weight excluding hydrogens is 216 g/mol. The second-order valence-corrected chi connectivity index (χ2v) is 5.75. The zero-order chi connectivity index (χ0) is 11.9. The minimum atomic E-state index is -3.17. The number of methoxy groups -OCH3 is 1. The van der Waals surface area contributed by atoms with E-state index in [4.69, 9.17) is 4.74 Å². The third kappa shape index (κ3) is 8.80. The normalized spacial score (nSPS) is 14.5. The lowest BCUT2D eigenvalue weighted by Gasteiger charge is -2.12. The molecule has 6 heteroatoms. The third-order valence-electron chi connectivity index (χ3n) is 1.92. The first-order chi connectivity index (χ1) is 6.87. The highest BCUT2D eigenvalue weighted by molar-refractivity contribution is 7.89. The van der Waals surface area contributed by atoms with E-state index < -0.39 is 10.0 Å². The topological polar surface area (TPSA) is 67.4 Å². The molecule has 2 N–H and O–H groups in total. The molecule has 0 aliphatic heterocycles. The molecule has 0 aliphatic rings. The second-order valence-electron chi connectivity index (χ2n) is 3.82. The van der Waals surface area contributed by atoms with Gasteiger partial charge in [-0.25, -0.2) is 13.1 Å². The molecule has 0 saturated heterocycles. The van der Waals surface area contributed by atoms with Crippen molar-refractivity contribution < 1.29 is 13.2 Å². The molecule has 1 atom stereocenters. The molecule has 0 heterocycles. The Bertz CT molecular complexity index is 252. The summed E-state index contributed by atoms with van der Waals surface area (Å²) in [6.45, 7) is 6.56. The lowest BCUT2D eigenvalue weighted by Crippen LogP contribution is -2.37. The highest BCUT2D eigenvalue weighted by atomic mass is 32.2. The monoisotopic (exact) mass is 238 g/mol. The van der Waals surface area contributed by atoms with Gasteiger partial charge in [-0.15, -0.1) is 0 Å². The largest absolute Gasteiger partial charge is 0.380 e. The number of sulfonamides is 1. The Balaban J connectivity index is 3.78. The predicted octanol–water partition coefficient (Wildman–Crippen LogP) is -0.0613. The first kappa shape index (κ1) is 14.8. The first-order valence-corrected chi connectivity index (χ1v) is 6.76. The zero-order valence-corrected chi connectivity index (χ0v) is 10.7. The Hall–Kier alpha value is -0.170. The summed E-state index contributed by atoms with van der Waals surface area (Å²) < 4.78 is 30.3. The smallest absolute Gasteiger partial charge is 0.212 e. The fourth-order valence-electron chi connectivity index (χ4n) is 0.882. The summed E-state index contributed by atoms with van der Waals surface area (Å²) in [5.41, 5.74) is 0. The Labute approximate surface area is 92.6 Å². The molecule has 0 amide bonds. The van der Waals surface area contributed by atoms with Crippen LogP contribution in [0.2, 0.25) is 0 Å². The van der Waals surface area contributed by atoms with Gasteiger partial charge in [-0.2, -0.15) is 0 Å². The van der Waals surface area contributed by atoms with Crippen LogP contribution in [-0.4, -0.2) is 46.5 Å². The van der Waals surface area contributed by atoms with Crippen LogP contribution in [0.3, 0.4) is 0 Å². The Morgan fingerprint density at radius 2 is 1.87 bits per heavy atom. The molecule has 5 nitrogen and oxygen atoms in total. The van der Waals surface area contributed by atoms with Gasteiger partial charge in [0.25, 0.3) is 0 Å². The fraction of sp³-hybridized carbons (Fsp3) is 1.00. The molecule has 0 aromatic carbocycles. The van der Waals surface area contributed by atoms with Gasteiger partial charge in [0.2, 0.25) is 10.0 Å². The molecule has 0 saturated carbocycles. The molecule has 0 bridgehead atoms. The lowest BCUT2D eigenvalue weighted by atomic mass is 10.4. The van der Waals surface area contributed by atoms with Crippen LogP contribution in [0.4, 0.5) is 0 Å². The molecule has 0 spiro atoms. The fourth-order valence-corrected chi connectivity index (χ4v) is 1.90. The van der Waals surface area contributed by atoms with E-state index in [1.807, 2.05) is 20.8 Å². The van der Waals surface area contributed by atoms with Gasteiger partial charge in [0.1, 0.15) is 0 Å². The van der Waals surface area contributed by atoms with E-state index in [0.717, 1.165) is 0 Å². The van der Waals surface area contributed by atoms with Gasteiger partial charge in [-0.3, -0.25) is 0 Å². The summed E-state index contributed by atoms with van der Waals surface area (Å²) in [5.74, 6) is 0.0988. The van der Waals surface area contributed by atoms with Crippen LogP contribution >= 0.6 is 0 Å². The van der Waals surface area contributed by atoms with Crippen LogP contribution in [-0.2, 0) is 14.8 Å². The summed E-state index contributed by atoms with van der Waals surface area (Å²) in [7, 11) is -1.62. The van der Waals surface area contributed by atoms with Crippen molar-refractivity contribution in [3.8, 4) is 0 Å². The van der Waals surface area contributed by atoms with Crippen molar-refractivity contribution in [3.63, 3.8) is 0 Å². The van der Waals surface area contributed by atoms with Crippen LogP contribution in [0.15, 0.2) is 0 Å². The maximum Gasteiger partial charge on any atom is 0.212 e. The summed E-state index contributed by atoms with van der Waals surface area (Å²) >= 11 is 0. The molecule has 0 aliphatic carbocycles. The van der Waals surface area contributed by atoms with E-state index in [0.29, 0.717) is 19.1 Å². The van der Waals surface area contributed by atoms with Crippen molar-refractivity contribution in [2.45, 2.75) is 32.9 Å². The van der Waals surface area contributed by atoms with Gasteiger partial charge in [-0.1, -0.05) is 13.8 Å². The lowest BCUT2D eigenvalue weighted by molar-refractivity contribution is 0.122. The highest BCUT2D eigenvalue weighted by Crippen LogP contribution is 1.89. The standard InChI is InChI=1S/C9H22N2O3S/c1-8(2)10-5-6-15(12,13)11-7-9(3)14-4/h8-11H,5-7H2,1-4H3. The molecule has 15 heavy (non-hydrogen) atoms. The molecule has 0 fully saturated rings. The van der Waals surface area contributed by atoms with Crippen LogP contribution in [0.1, 0.15) is 20.8 Å². The number of nitrogens with one attached hydrogen (secondary N) is 2. The summed E-state index contributed by atoms with van der Waals surface area (Å²) in [5, 5.41) is 3.05. The van der Waals surface area contributed by atoms with Gasteiger partial charge < -0.3 is 10.1 Å². The predicted molar refractivity (Wildman–Crippen MR) is 61.4 cm³/mol. The minimum Gasteiger partial charge on any atom is -0.380 e. The molecule has 1 unspecified atom stereocenters. The molecule has 0 radical (unpaired) electrons. The van der Waals surface area contributed by atoms with Gasteiger partial charge >= 0.3 is 0 Å². The first-order valence-electron chi connectivity index (χ1n) is 5.11. The van der Waals surface area contributed by atoms with Crippen LogP contribution in [0, 0.1) is 0 Å². The Morgan fingerprint density at radius 3 is 2.33 bits per heavy atom. The maximum absolute atomic E-state index is 11.4. The number of hydrogen-bond donors (Lipinski definition) is 2. The summed E-state index contributed by atoms with van der Waals surface area (Å²) in [6, 6.07) is 0.304. The van der Waals surface area contributed by atoms with Crippen molar-refractivity contribution in [1.29, 1.82) is 0 Å². The summed E-state index contributed by atoms with van der Waals surface area (Å²) in [4.78, 5) is 0. The number of rotatable bonds is 8. The molecule has 0 aromatic heterocycles. The van der Waals surface area contributed by atoms with E-state index in [1.54, 1.807) is 7.11 Å². The highest BCUT2D eigenvalue weighted by Gasteiger charge is 2.11. The van der Waals surface area contributed by atoms with Crippen molar-refractivity contribution >= 4 is 10.0 Å². The van der Waals surface area contributed by atoms with Crippen LogP contribution < -0.4 is 10.0 Å². The molecular formula is C9H22N2O3S. The van der Waals surface area contributed by atoms with Crippen molar-refractivity contribution in [2.75, 3.05) is 26.0 Å². The average molecular weight is 238 g/mol. The second kappa shape index (κ2) is 7.16. The van der Waals surface area contributed by atoms with E-state index in [-0.39, 0.29) is 11.9 Å². The third-order valence-corrected chi connectivity index (χ3v) is 3.26. The van der Waals surface area contributed by atoms with Crippen LogP contribution in [0.5, 0.6) is 0 Å². The van der Waals surface area contributed by atoms with E-state index >= 15 is 0 Å². The van der Waals surface area contributed by atoms with Gasteiger partial charge in [0.05, 0.1) is 11.9 Å². The van der Waals surface area contributed by atoms with Crippen LogP contribution in [0.25, 0.3) is 0 Å². The Morgan fingerprint density at radius 1 is 1.27 bits per heavy atom. The number of ether oxygens (including phenoxy) is 1. The van der Waals surface area contributed by atoms with Crippen molar-refractivity contribution in [1.82, 2.24) is 10.0 Å². The molecule has 92 valence electrons. The van der Waals surface area contributed by atoms with E-state index in [2.05, 4.69) is 10.0 Å². The van der Waals surface area contributed by atoms with Gasteiger partial charge in [-0.05, 0) is 6.92 Å². The van der Waals surface area contributed by atoms with Gasteiger partial charge in [0.15, 0.2) is 0 Å². The van der Waals surface area contributed by atoms with Crippen molar-refractivity contribution in [3.05, 3.63) is 0 Å². The quantitative estimate of drug-likeness (QED) is 0.621. The van der Waals surface area contributed by atoms with E-state index in [9.17, 15) is 8.42 Å². The Kier molecular flexibility index (Phi) is 7.08. The van der Waals surface area contributed by atoms with E-state index in [1.165, 1.54) is 0 Å².